The maximum Gasteiger partial charge on any atom is 0.345 e. The first-order chi connectivity index (χ1) is 15.2. The Kier molecular flexibility index (Phi) is 16.8. The quantitative estimate of drug-likeness (QED) is 0.160. The summed E-state index contributed by atoms with van der Waals surface area (Å²) in [6, 6.07) is 4.22. The maximum atomic E-state index is 11.9. The molecule has 4 heteroatoms. The van der Waals surface area contributed by atoms with Crippen molar-refractivity contribution in [3.63, 3.8) is 0 Å². The Hall–Kier alpha value is -1.71. The van der Waals surface area contributed by atoms with E-state index in [1.54, 1.807) is 0 Å². The van der Waals surface area contributed by atoms with E-state index >= 15 is 0 Å². The second kappa shape index (κ2) is 19.0. The molecule has 0 atom stereocenters. The van der Waals surface area contributed by atoms with E-state index in [0.29, 0.717) is 6.61 Å². The average molecular weight is 435 g/mol. The summed E-state index contributed by atoms with van der Waals surface area (Å²) in [4.78, 5) is 11.9. The fourth-order valence-electron chi connectivity index (χ4n) is 3.98. The lowest BCUT2D eigenvalue weighted by Crippen LogP contribution is -2.07. The number of esters is 1. The lowest BCUT2D eigenvalue weighted by atomic mass is 10.0. The molecule has 1 aromatic rings. The monoisotopic (exact) mass is 434 g/mol. The molecule has 178 valence electrons. The first-order valence-electron chi connectivity index (χ1n) is 12.8. The molecule has 0 aliphatic heterocycles. The van der Waals surface area contributed by atoms with Gasteiger partial charge in [-0.05, 0) is 18.6 Å². The van der Waals surface area contributed by atoms with Crippen LogP contribution in [-0.4, -0.2) is 22.8 Å². The van der Waals surface area contributed by atoms with Gasteiger partial charge in [0.1, 0.15) is 17.1 Å². The van der Waals surface area contributed by atoms with Gasteiger partial charge in [-0.3, -0.25) is 0 Å². The molecule has 0 saturated heterocycles. The van der Waals surface area contributed by atoms with Crippen LogP contribution in [0.4, 0.5) is 0 Å². The highest BCUT2D eigenvalue weighted by Crippen LogP contribution is 2.27. The molecule has 4 nitrogen and oxygen atoms in total. The number of unbranched alkanes of at least 4 members (excludes halogenated alkanes) is 17. The molecule has 2 N–H and O–H groups in total. The zero-order valence-electron chi connectivity index (χ0n) is 19.9. The summed E-state index contributed by atoms with van der Waals surface area (Å²) in [5, 5.41) is 19.3. The van der Waals surface area contributed by atoms with E-state index in [1.807, 2.05) is 0 Å². The number of benzene rings is 1. The number of carbonyl (C=O) groups excluding carboxylic acids is 1. The highest BCUT2D eigenvalue weighted by molar-refractivity contribution is 5.95. The predicted molar refractivity (Wildman–Crippen MR) is 129 cm³/mol. The lowest BCUT2D eigenvalue weighted by Gasteiger charge is -2.08. The topological polar surface area (TPSA) is 66.8 Å². The summed E-state index contributed by atoms with van der Waals surface area (Å²) in [5.74, 6) is -1.16. The van der Waals surface area contributed by atoms with E-state index in [1.165, 1.54) is 115 Å². The van der Waals surface area contributed by atoms with Crippen molar-refractivity contribution in [2.45, 2.75) is 122 Å². The molecule has 1 rings (SSSR count). The first-order valence-corrected chi connectivity index (χ1v) is 12.8. The molecule has 0 heterocycles. The minimum absolute atomic E-state index is 0.148. The molecule has 0 fully saturated rings. The van der Waals surface area contributed by atoms with Crippen LogP contribution in [0.3, 0.4) is 0 Å². The minimum atomic E-state index is -0.664. The molecule has 1 aromatic carbocycles. The van der Waals surface area contributed by atoms with Crippen LogP contribution >= 0.6 is 0 Å². The number of carbonyl (C=O) groups is 1. The summed E-state index contributed by atoms with van der Waals surface area (Å²) < 4.78 is 5.16. The van der Waals surface area contributed by atoms with Gasteiger partial charge >= 0.3 is 5.97 Å². The normalized spacial score (nSPS) is 11.0. The van der Waals surface area contributed by atoms with Crippen molar-refractivity contribution in [3.05, 3.63) is 23.8 Å². The van der Waals surface area contributed by atoms with Crippen molar-refractivity contribution in [1.29, 1.82) is 0 Å². The van der Waals surface area contributed by atoms with Crippen LogP contribution in [0.2, 0.25) is 0 Å². The minimum Gasteiger partial charge on any atom is -0.507 e. The van der Waals surface area contributed by atoms with Crippen molar-refractivity contribution >= 4 is 5.97 Å². The average Bonchev–Trinajstić information content (AvgIpc) is 2.75. The predicted octanol–water partition coefficient (Wildman–Crippen LogP) is 8.30. The van der Waals surface area contributed by atoms with E-state index in [9.17, 15) is 15.0 Å². The Morgan fingerprint density at radius 1 is 0.645 bits per heavy atom. The Morgan fingerprint density at radius 2 is 1.00 bits per heavy atom. The molecule has 0 amide bonds. The van der Waals surface area contributed by atoms with Gasteiger partial charge in [-0.2, -0.15) is 0 Å². The molecule has 0 aromatic heterocycles. The van der Waals surface area contributed by atoms with Gasteiger partial charge in [0, 0.05) is 0 Å². The number of rotatable bonds is 20. The standard InChI is InChI=1S/C27H46O4/c1-2-3-4-5-6-7-8-9-10-11-12-13-14-15-16-17-18-19-23-31-27(30)26-24(28)21-20-22-25(26)29/h20-22,28-29H,2-19,23H2,1H3. The largest absolute Gasteiger partial charge is 0.507 e. The molecule has 0 unspecified atom stereocenters. The Labute approximate surface area is 190 Å². The Bertz CT molecular complexity index is 550. The first kappa shape index (κ1) is 27.3. The summed E-state index contributed by atoms with van der Waals surface area (Å²) in [6.45, 7) is 2.60. The highest BCUT2D eigenvalue weighted by atomic mass is 16.5. The third-order valence-corrected chi connectivity index (χ3v) is 5.96. The van der Waals surface area contributed by atoms with E-state index < -0.39 is 5.97 Å². The van der Waals surface area contributed by atoms with Crippen LogP contribution in [0.15, 0.2) is 18.2 Å². The van der Waals surface area contributed by atoms with Crippen LogP contribution in [0.1, 0.15) is 133 Å². The van der Waals surface area contributed by atoms with Gasteiger partial charge in [0.2, 0.25) is 0 Å². The van der Waals surface area contributed by atoms with Crippen LogP contribution in [0, 0.1) is 0 Å². The number of phenolic OH excluding ortho intramolecular Hbond substituents is 2. The van der Waals surface area contributed by atoms with Crippen molar-refractivity contribution in [2.75, 3.05) is 6.61 Å². The van der Waals surface area contributed by atoms with Crippen molar-refractivity contribution in [2.24, 2.45) is 0 Å². The summed E-state index contributed by atoms with van der Waals surface area (Å²) in [7, 11) is 0. The van der Waals surface area contributed by atoms with Crippen molar-refractivity contribution in [3.8, 4) is 11.5 Å². The van der Waals surface area contributed by atoms with Crippen LogP contribution in [0.25, 0.3) is 0 Å². The molecule has 31 heavy (non-hydrogen) atoms. The van der Waals surface area contributed by atoms with Gasteiger partial charge in [0.05, 0.1) is 6.61 Å². The van der Waals surface area contributed by atoms with Gasteiger partial charge in [0.15, 0.2) is 0 Å². The van der Waals surface area contributed by atoms with Gasteiger partial charge in [0.25, 0.3) is 0 Å². The Balaban J connectivity index is 1.81. The molecule has 0 saturated carbocycles. The van der Waals surface area contributed by atoms with Gasteiger partial charge < -0.3 is 14.9 Å². The molecule has 0 aliphatic rings. The number of phenols is 2. The maximum absolute atomic E-state index is 11.9. The highest BCUT2D eigenvalue weighted by Gasteiger charge is 2.17. The summed E-state index contributed by atoms with van der Waals surface area (Å²) >= 11 is 0. The lowest BCUT2D eigenvalue weighted by molar-refractivity contribution is 0.0491. The second-order valence-corrected chi connectivity index (χ2v) is 8.82. The van der Waals surface area contributed by atoms with Crippen LogP contribution < -0.4 is 0 Å². The van der Waals surface area contributed by atoms with Gasteiger partial charge in [-0.15, -0.1) is 0 Å². The fourth-order valence-corrected chi connectivity index (χ4v) is 3.98. The van der Waals surface area contributed by atoms with E-state index in [0.717, 1.165) is 19.3 Å². The van der Waals surface area contributed by atoms with Gasteiger partial charge in [-0.25, -0.2) is 4.79 Å². The molecule has 0 aliphatic carbocycles. The van der Waals surface area contributed by atoms with Crippen LogP contribution in [-0.2, 0) is 4.74 Å². The second-order valence-electron chi connectivity index (χ2n) is 8.82. The molecule has 0 bridgehead atoms. The molecule has 0 spiro atoms. The van der Waals surface area contributed by atoms with Crippen molar-refractivity contribution < 1.29 is 19.7 Å². The van der Waals surface area contributed by atoms with Crippen LogP contribution in [0.5, 0.6) is 11.5 Å². The zero-order valence-corrected chi connectivity index (χ0v) is 19.9. The van der Waals surface area contributed by atoms with Crippen molar-refractivity contribution in [1.82, 2.24) is 0 Å². The van der Waals surface area contributed by atoms with E-state index in [-0.39, 0.29) is 17.1 Å². The Morgan fingerprint density at radius 3 is 1.39 bits per heavy atom. The number of hydrogen-bond acceptors (Lipinski definition) is 4. The van der Waals surface area contributed by atoms with E-state index in [2.05, 4.69) is 6.92 Å². The number of ether oxygens (including phenoxy) is 1. The van der Waals surface area contributed by atoms with Gasteiger partial charge in [-0.1, -0.05) is 122 Å². The smallest absolute Gasteiger partial charge is 0.345 e. The fraction of sp³-hybridized carbons (Fsp3) is 0.741. The third kappa shape index (κ3) is 14.1. The summed E-state index contributed by atoms with van der Waals surface area (Å²) in [6.07, 6.45) is 23.7. The number of aromatic hydroxyl groups is 2. The molecule has 0 radical (unpaired) electrons. The SMILES string of the molecule is CCCCCCCCCCCCCCCCCCCCOC(=O)c1c(O)cccc1O. The molecular weight excluding hydrogens is 388 g/mol. The summed E-state index contributed by atoms with van der Waals surface area (Å²) in [5.41, 5.74) is -0.148. The van der Waals surface area contributed by atoms with E-state index in [4.69, 9.17) is 4.74 Å². The number of hydrogen-bond donors (Lipinski definition) is 2. The zero-order chi connectivity index (χ0) is 22.6. The molecular formula is C27H46O4. The third-order valence-electron chi connectivity index (χ3n) is 5.96.